The van der Waals surface area contributed by atoms with Crippen molar-refractivity contribution < 1.29 is 14.4 Å². The summed E-state index contributed by atoms with van der Waals surface area (Å²) in [6, 6.07) is 4.79. The number of pyridine rings is 2. The maximum atomic E-state index is 13.0. The van der Waals surface area contributed by atoms with Crippen molar-refractivity contribution in [3.05, 3.63) is 41.2 Å². The number of amides is 3. The molecule has 2 aromatic rings. The molecule has 10 nitrogen and oxygen atoms in total. The highest BCUT2D eigenvalue weighted by molar-refractivity contribution is 6.00. The number of rotatable bonds is 8. The Morgan fingerprint density at radius 1 is 1.24 bits per heavy atom. The molecule has 3 heterocycles. The first kappa shape index (κ1) is 25.7. The fourth-order valence-electron chi connectivity index (χ4n) is 4.17. The zero-order valence-electron chi connectivity index (χ0n) is 21.9. The van der Waals surface area contributed by atoms with Crippen LogP contribution >= 0.6 is 0 Å². The number of likely N-dealkylation sites (N-methyl/N-ethyl adjacent to an activating group) is 1. The molecule has 2 aliphatic carbocycles. The standard InChI is InChI=1S/C28H33N7O3/c1-33-11-12-35(27(37)17-33)16-22-9-10-26(31-24(22)18-36)34(2)28(38)32-25-13-23(29-14-20-5-6-20)21(15-30-25)8-7-19-3-4-19/h9-10,13,15,18-20H,3-6,11-12,14,16-17H2,1-2H3,(H2,29,30,32,38). The van der Waals surface area contributed by atoms with Crippen LogP contribution in [0, 0.1) is 23.7 Å². The minimum Gasteiger partial charge on any atom is -0.384 e. The van der Waals surface area contributed by atoms with Gasteiger partial charge in [-0.2, -0.15) is 0 Å². The summed E-state index contributed by atoms with van der Waals surface area (Å²) in [7, 11) is 3.49. The largest absolute Gasteiger partial charge is 0.384 e. The Hall–Kier alpha value is -3.97. The van der Waals surface area contributed by atoms with Crippen molar-refractivity contribution in [2.75, 3.05) is 55.8 Å². The zero-order chi connectivity index (χ0) is 26.6. The number of piperazine rings is 1. The molecule has 3 aliphatic rings. The Balaban J connectivity index is 1.26. The number of hydrogen-bond donors (Lipinski definition) is 2. The van der Waals surface area contributed by atoms with E-state index in [0.717, 1.165) is 37.2 Å². The van der Waals surface area contributed by atoms with E-state index < -0.39 is 6.03 Å². The Morgan fingerprint density at radius 2 is 2.05 bits per heavy atom. The smallest absolute Gasteiger partial charge is 0.328 e. The summed E-state index contributed by atoms with van der Waals surface area (Å²) in [6.45, 7) is 2.90. The van der Waals surface area contributed by atoms with Crippen LogP contribution in [0.2, 0.25) is 0 Å². The highest BCUT2D eigenvalue weighted by Gasteiger charge is 2.24. The number of aldehydes is 1. The Labute approximate surface area is 222 Å². The van der Waals surface area contributed by atoms with E-state index in [1.165, 1.54) is 17.7 Å². The van der Waals surface area contributed by atoms with Gasteiger partial charge >= 0.3 is 6.03 Å². The maximum absolute atomic E-state index is 13.0. The highest BCUT2D eigenvalue weighted by Crippen LogP contribution is 2.31. The van der Waals surface area contributed by atoms with Crippen molar-refractivity contribution in [2.24, 2.45) is 11.8 Å². The monoisotopic (exact) mass is 515 g/mol. The number of hydrogen-bond acceptors (Lipinski definition) is 7. The summed E-state index contributed by atoms with van der Waals surface area (Å²) in [5.41, 5.74) is 2.54. The summed E-state index contributed by atoms with van der Waals surface area (Å²) >= 11 is 0. The van der Waals surface area contributed by atoms with Crippen molar-refractivity contribution in [3.8, 4) is 11.8 Å². The van der Waals surface area contributed by atoms with Crippen LogP contribution in [0.1, 0.15) is 47.3 Å². The molecule has 0 unspecified atom stereocenters. The Kier molecular flexibility index (Phi) is 7.56. The fourth-order valence-corrected chi connectivity index (χ4v) is 4.17. The SMILES string of the molecule is CN1CCN(Cc2ccc(N(C)C(=O)Nc3cc(NCC4CC4)c(C#CC4CC4)cn3)nc2C=O)C(=O)C1. The fraction of sp³-hybridized carbons (Fsp3) is 0.464. The van der Waals surface area contributed by atoms with Crippen molar-refractivity contribution in [2.45, 2.75) is 32.2 Å². The molecule has 0 bridgehead atoms. The molecule has 3 amide bonds. The van der Waals surface area contributed by atoms with Crippen molar-refractivity contribution in [1.82, 2.24) is 19.8 Å². The van der Waals surface area contributed by atoms with E-state index in [1.54, 1.807) is 30.3 Å². The molecule has 2 saturated carbocycles. The molecule has 1 aliphatic heterocycles. The van der Waals surface area contributed by atoms with E-state index in [2.05, 4.69) is 32.4 Å². The van der Waals surface area contributed by atoms with Crippen molar-refractivity contribution >= 4 is 35.5 Å². The lowest BCUT2D eigenvalue weighted by molar-refractivity contribution is -0.136. The second-order valence-electron chi connectivity index (χ2n) is 10.4. The third kappa shape index (κ3) is 6.47. The van der Waals surface area contributed by atoms with Crippen molar-refractivity contribution in [1.29, 1.82) is 0 Å². The number of nitrogens with one attached hydrogen (secondary N) is 2. The zero-order valence-corrected chi connectivity index (χ0v) is 21.9. The second kappa shape index (κ2) is 11.2. The first-order chi connectivity index (χ1) is 18.4. The summed E-state index contributed by atoms with van der Waals surface area (Å²) < 4.78 is 0. The third-order valence-electron chi connectivity index (χ3n) is 7.03. The predicted octanol–water partition coefficient (Wildman–Crippen LogP) is 2.81. The van der Waals surface area contributed by atoms with E-state index in [9.17, 15) is 14.4 Å². The van der Waals surface area contributed by atoms with E-state index in [1.807, 2.05) is 18.0 Å². The number of nitrogens with zero attached hydrogens (tertiary/aromatic N) is 5. The van der Waals surface area contributed by atoms with Gasteiger partial charge in [-0.25, -0.2) is 14.8 Å². The number of anilines is 3. The van der Waals surface area contributed by atoms with Gasteiger partial charge in [0.05, 0.1) is 17.8 Å². The van der Waals surface area contributed by atoms with E-state index in [4.69, 9.17) is 0 Å². The average molecular weight is 516 g/mol. The summed E-state index contributed by atoms with van der Waals surface area (Å²) in [5, 5.41) is 6.28. The van der Waals surface area contributed by atoms with Gasteiger partial charge in [0, 0.05) is 57.0 Å². The van der Waals surface area contributed by atoms with Crippen molar-refractivity contribution in [3.63, 3.8) is 0 Å². The van der Waals surface area contributed by atoms with Crippen LogP contribution in [-0.4, -0.2) is 78.3 Å². The van der Waals surface area contributed by atoms with Gasteiger partial charge in [-0.05, 0) is 44.7 Å². The van der Waals surface area contributed by atoms with Crippen LogP contribution < -0.4 is 15.5 Å². The highest BCUT2D eigenvalue weighted by atomic mass is 16.2. The molecule has 0 spiro atoms. The van der Waals surface area contributed by atoms with Gasteiger partial charge in [-0.3, -0.25) is 24.7 Å². The molecule has 3 fully saturated rings. The topological polar surface area (TPSA) is 111 Å². The van der Waals surface area contributed by atoms with Gasteiger partial charge in [0.1, 0.15) is 17.3 Å². The summed E-state index contributed by atoms with van der Waals surface area (Å²) in [4.78, 5) is 51.0. The van der Waals surface area contributed by atoms with E-state index in [0.29, 0.717) is 55.0 Å². The Morgan fingerprint density at radius 3 is 2.76 bits per heavy atom. The number of carbonyl (C=O) groups excluding carboxylic acids is 3. The summed E-state index contributed by atoms with van der Waals surface area (Å²) in [6.07, 6.45) is 7.12. The van der Waals surface area contributed by atoms with E-state index in [-0.39, 0.29) is 11.6 Å². The van der Waals surface area contributed by atoms with Gasteiger partial charge in [-0.15, -0.1) is 0 Å². The lowest BCUT2D eigenvalue weighted by Crippen LogP contribution is -2.48. The molecule has 198 valence electrons. The summed E-state index contributed by atoms with van der Waals surface area (Å²) in [5.74, 6) is 8.41. The molecule has 5 rings (SSSR count). The van der Waals surface area contributed by atoms with Crippen LogP contribution in [0.5, 0.6) is 0 Å². The third-order valence-corrected chi connectivity index (χ3v) is 7.03. The van der Waals surface area contributed by atoms with Gasteiger partial charge in [0.25, 0.3) is 0 Å². The molecule has 0 atom stereocenters. The molecule has 10 heteroatoms. The average Bonchev–Trinajstić information content (AvgIpc) is 3.84. The first-order valence-corrected chi connectivity index (χ1v) is 13.1. The first-order valence-electron chi connectivity index (χ1n) is 13.1. The lowest BCUT2D eigenvalue weighted by atomic mass is 10.1. The van der Waals surface area contributed by atoms with Crippen LogP contribution in [0.4, 0.5) is 22.1 Å². The van der Waals surface area contributed by atoms with Crippen LogP contribution in [0.25, 0.3) is 0 Å². The maximum Gasteiger partial charge on any atom is 0.328 e. The number of urea groups is 1. The molecular formula is C28H33N7O3. The van der Waals surface area contributed by atoms with Gasteiger partial charge in [0.15, 0.2) is 6.29 Å². The van der Waals surface area contributed by atoms with Crippen LogP contribution in [-0.2, 0) is 11.3 Å². The van der Waals surface area contributed by atoms with Crippen LogP contribution in [0.15, 0.2) is 24.4 Å². The van der Waals surface area contributed by atoms with Crippen LogP contribution in [0.3, 0.4) is 0 Å². The van der Waals surface area contributed by atoms with Gasteiger partial charge < -0.3 is 10.2 Å². The molecule has 1 saturated heterocycles. The number of aromatic nitrogens is 2. The molecule has 0 aromatic carbocycles. The minimum absolute atomic E-state index is 0.0131. The predicted molar refractivity (Wildman–Crippen MR) is 145 cm³/mol. The lowest BCUT2D eigenvalue weighted by Gasteiger charge is -2.32. The second-order valence-corrected chi connectivity index (χ2v) is 10.4. The quantitative estimate of drug-likeness (QED) is 0.411. The Bertz CT molecular complexity index is 1290. The normalized spacial score (nSPS) is 17.4. The minimum atomic E-state index is -0.436. The molecule has 38 heavy (non-hydrogen) atoms. The van der Waals surface area contributed by atoms with E-state index >= 15 is 0 Å². The molecular weight excluding hydrogens is 482 g/mol. The van der Waals surface area contributed by atoms with Gasteiger partial charge in [-0.1, -0.05) is 17.9 Å². The van der Waals surface area contributed by atoms with Gasteiger partial charge in [0.2, 0.25) is 5.91 Å². The molecule has 0 radical (unpaired) electrons. The molecule has 2 aromatic heterocycles. The number of carbonyl (C=O) groups is 3. The molecule has 2 N–H and O–H groups in total.